The normalized spacial score (nSPS) is 16.5. The highest BCUT2D eigenvalue weighted by molar-refractivity contribution is 6.39. The van der Waals surface area contributed by atoms with Gasteiger partial charge in [-0.25, -0.2) is 10.2 Å². The van der Waals surface area contributed by atoms with Crippen LogP contribution in [0.5, 0.6) is 0 Å². The molecule has 1 aliphatic rings. The number of hydrogen-bond acceptors (Lipinski definition) is 4. The zero-order chi connectivity index (χ0) is 13.5. The van der Waals surface area contributed by atoms with Gasteiger partial charge in [0.25, 0.3) is 5.91 Å². The highest BCUT2D eigenvalue weighted by Gasteiger charge is 2.24. The van der Waals surface area contributed by atoms with Crippen molar-refractivity contribution in [3.63, 3.8) is 0 Å². The van der Waals surface area contributed by atoms with Gasteiger partial charge in [0.2, 0.25) is 5.91 Å². The third-order valence-corrected chi connectivity index (χ3v) is 2.62. The van der Waals surface area contributed by atoms with Crippen LogP contribution < -0.4 is 10.7 Å². The number of aliphatic carboxylic acids is 1. The lowest BCUT2D eigenvalue weighted by atomic mass is 10.1. The predicted octanol–water partition coefficient (Wildman–Crippen LogP) is 0.0120. The number of nitrogens with one attached hydrogen (secondary N) is 2. The number of unbranched alkanes of at least 4 members (excludes halogenated alkanes) is 1. The summed E-state index contributed by atoms with van der Waals surface area (Å²) in [4.78, 5) is 33.5. The molecule has 18 heavy (non-hydrogen) atoms. The molecule has 3 N–H and O–H groups in total. The molecule has 0 aromatic rings. The summed E-state index contributed by atoms with van der Waals surface area (Å²) < 4.78 is 0. The smallest absolute Gasteiger partial charge is 0.326 e. The van der Waals surface area contributed by atoms with Crippen LogP contribution >= 0.6 is 0 Å². The molecule has 0 saturated heterocycles. The summed E-state index contributed by atoms with van der Waals surface area (Å²) in [6.45, 7) is 1.95. The molecule has 100 valence electrons. The Morgan fingerprint density at radius 2 is 2.22 bits per heavy atom. The van der Waals surface area contributed by atoms with Crippen LogP contribution in [0.4, 0.5) is 0 Å². The van der Waals surface area contributed by atoms with E-state index in [9.17, 15) is 14.4 Å². The fourth-order valence-electron chi connectivity index (χ4n) is 1.55. The second-order valence-electron chi connectivity index (χ2n) is 4.10. The molecular formula is C11H17N3O4. The number of carboxylic acids is 1. The van der Waals surface area contributed by atoms with Crippen LogP contribution in [0.1, 0.15) is 39.0 Å². The molecule has 0 saturated carbocycles. The Balaban J connectivity index is 2.55. The van der Waals surface area contributed by atoms with Gasteiger partial charge in [-0.05, 0) is 6.42 Å². The maximum absolute atomic E-state index is 11.7. The molecule has 1 aliphatic heterocycles. The first-order chi connectivity index (χ1) is 8.54. The number of rotatable bonds is 6. The first-order valence-corrected chi connectivity index (χ1v) is 5.93. The molecule has 0 aromatic carbocycles. The molecule has 0 spiro atoms. The third kappa shape index (κ3) is 4.15. The lowest BCUT2D eigenvalue weighted by Crippen LogP contribution is -2.45. The van der Waals surface area contributed by atoms with Crippen LogP contribution in [-0.4, -0.2) is 34.6 Å². The Kier molecular flexibility index (Phi) is 5.29. The minimum atomic E-state index is -1.06. The van der Waals surface area contributed by atoms with E-state index in [-0.39, 0.29) is 24.5 Å². The molecule has 7 heteroatoms. The summed E-state index contributed by atoms with van der Waals surface area (Å²) in [6, 6.07) is -0.905. The average molecular weight is 255 g/mol. The van der Waals surface area contributed by atoms with Crippen molar-refractivity contribution in [3.8, 4) is 0 Å². The summed E-state index contributed by atoms with van der Waals surface area (Å²) in [5, 5.41) is 15.0. The van der Waals surface area contributed by atoms with Crippen LogP contribution in [0.2, 0.25) is 0 Å². The molecule has 0 aromatic heterocycles. The molecule has 1 atom stereocenters. The average Bonchev–Trinajstić information content (AvgIpc) is 2.34. The van der Waals surface area contributed by atoms with E-state index < -0.39 is 17.9 Å². The predicted molar refractivity (Wildman–Crippen MR) is 63.9 cm³/mol. The molecule has 2 amide bonds. The number of carbonyl (C=O) groups excluding carboxylic acids is 2. The van der Waals surface area contributed by atoms with E-state index >= 15 is 0 Å². The van der Waals surface area contributed by atoms with Crippen molar-refractivity contribution in [2.75, 3.05) is 0 Å². The van der Waals surface area contributed by atoms with Crippen molar-refractivity contribution in [1.82, 2.24) is 10.7 Å². The second-order valence-corrected chi connectivity index (χ2v) is 4.10. The summed E-state index contributed by atoms with van der Waals surface area (Å²) in [7, 11) is 0. The Morgan fingerprint density at radius 3 is 2.72 bits per heavy atom. The lowest BCUT2D eigenvalue weighted by Gasteiger charge is -2.16. The van der Waals surface area contributed by atoms with E-state index in [0.717, 1.165) is 12.8 Å². The van der Waals surface area contributed by atoms with E-state index in [0.29, 0.717) is 6.42 Å². The van der Waals surface area contributed by atoms with Crippen molar-refractivity contribution in [3.05, 3.63) is 0 Å². The van der Waals surface area contributed by atoms with E-state index in [1.807, 2.05) is 6.92 Å². The van der Waals surface area contributed by atoms with Crippen LogP contribution in [0.25, 0.3) is 0 Å². The standard InChI is InChI=1S/C11H17N3O4/c1-2-3-4-8(11(17)18)12-10(16)7-5-6-9(15)14-13-7/h8H,2-6H2,1H3,(H,12,16)(H,14,15)(H,17,18). The summed E-state index contributed by atoms with van der Waals surface area (Å²) in [5.74, 6) is -1.83. The van der Waals surface area contributed by atoms with Gasteiger partial charge in [-0.2, -0.15) is 5.10 Å². The van der Waals surface area contributed by atoms with Gasteiger partial charge in [0, 0.05) is 12.8 Å². The number of nitrogens with zero attached hydrogens (tertiary/aromatic N) is 1. The van der Waals surface area contributed by atoms with Crippen LogP contribution in [0.3, 0.4) is 0 Å². The largest absolute Gasteiger partial charge is 0.480 e. The highest BCUT2D eigenvalue weighted by atomic mass is 16.4. The molecule has 7 nitrogen and oxygen atoms in total. The zero-order valence-corrected chi connectivity index (χ0v) is 10.2. The van der Waals surface area contributed by atoms with Gasteiger partial charge in [-0.3, -0.25) is 9.59 Å². The monoisotopic (exact) mass is 255 g/mol. The molecule has 1 unspecified atom stereocenters. The summed E-state index contributed by atoms with van der Waals surface area (Å²) in [5.41, 5.74) is 2.36. The first kappa shape index (κ1) is 14.1. The van der Waals surface area contributed by atoms with Crippen LogP contribution in [-0.2, 0) is 14.4 Å². The molecule has 1 heterocycles. The summed E-state index contributed by atoms with van der Waals surface area (Å²) >= 11 is 0. The first-order valence-electron chi connectivity index (χ1n) is 5.93. The number of hydrogen-bond donors (Lipinski definition) is 3. The van der Waals surface area contributed by atoms with Crippen molar-refractivity contribution in [2.45, 2.75) is 45.1 Å². The topological polar surface area (TPSA) is 108 Å². The maximum atomic E-state index is 11.7. The van der Waals surface area contributed by atoms with E-state index in [1.165, 1.54) is 0 Å². The van der Waals surface area contributed by atoms with Gasteiger partial charge >= 0.3 is 5.97 Å². The molecule has 0 bridgehead atoms. The van der Waals surface area contributed by atoms with Gasteiger partial charge in [-0.15, -0.1) is 0 Å². The molecule has 1 rings (SSSR count). The Bertz CT molecular complexity index is 378. The fraction of sp³-hybridized carbons (Fsp3) is 0.636. The number of amides is 2. The molecular weight excluding hydrogens is 238 g/mol. The van der Waals surface area contributed by atoms with E-state index in [4.69, 9.17) is 5.11 Å². The van der Waals surface area contributed by atoms with Crippen molar-refractivity contribution in [1.29, 1.82) is 0 Å². The van der Waals surface area contributed by atoms with Gasteiger partial charge < -0.3 is 10.4 Å². The second kappa shape index (κ2) is 6.73. The van der Waals surface area contributed by atoms with Crippen LogP contribution in [0.15, 0.2) is 5.10 Å². The van der Waals surface area contributed by atoms with E-state index in [2.05, 4.69) is 15.8 Å². The van der Waals surface area contributed by atoms with Crippen molar-refractivity contribution < 1.29 is 19.5 Å². The van der Waals surface area contributed by atoms with Gasteiger partial charge in [-0.1, -0.05) is 19.8 Å². The minimum absolute atomic E-state index is 0.164. The molecule has 0 radical (unpaired) electrons. The maximum Gasteiger partial charge on any atom is 0.326 e. The van der Waals surface area contributed by atoms with Gasteiger partial charge in [0.15, 0.2) is 0 Å². The quantitative estimate of drug-likeness (QED) is 0.621. The van der Waals surface area contributed by atoms with Crippen LogP contribution in [0, 0.1) is 0 Å². The number of hydrazone groups is 1. The third-order valence-electron chi connectivity index (χ3n) is 2.62. The lowest BCUT2D eigenvalue weighted by molar-refractivity contribution is -0.141. The van der Waals surface area contributed by atoms with Gasteiger partial charge in [0.1, 0.15) is 11.8 Å². The van der Waals surface area contributed by atoms with Crippen molar-refractivity contribution >= 4 is 23.5 Å². The molecule has 0 fully saturated rings. The Morgan fingerprint density at radius 1 is 1.50 bits per heavy atom. The Labute approximate surface area is 105 Å². The van der Waals surface area contributed by atoms with Gasteiger partial charge in [0.05, 0.1) is 0 Å². The highest BCUT2D eigenvalue weighted by Crippen LogP contribution is 2.04. The summed E-state index contributed by atoms with van der Waals surface area (Å²) in [6.07, 6.45) is 2.39. The van der Waals surface area contributed by atoms with Crippen molar-refractivity contribution in [2.24, 2.45) is 5.10 Å². The number of carbonyl (C=O) groups is 3. The minimum Gasteiger partial charge on any atom is -0.480 e. The zero-order valence-electron chi connectivity index (χ0n) is 10.2. The Hall–Kier alpha value is -1.92. The fourth-order valence-corrected chi connectivity index (χ4v) is 1.55. The number of carboxylic acid groups (broad SMARTS) is 1. The molecule has 0 aliphatic carbocycles. The SMILES string of the molecule is CCCCC(NC(=O)C1=NNC(=O)CC1)C(=O)O. The van der Waals surface area contributed by atoms with E-state index in [1.54, 1.807) is 0 Å².